The summed E-state index contributed by atoms with van der Waals surface area (Å²) in [6.07, 6.45) is 3.55. The number of thiocarbonyl (C=S) groups is 1. The Morgan fingerprint density at radius 1 is 1.11 bits per heavy atom. The molecule has 5 heteroatoms. The third-order valence-corrected chi connectivity index (χ3v) is 3.10. The fourth-order valence-electron chi connectivity index (χ4n) is 1.94. The molecule has 0 atom stereocenters. The fraction of sp³-hybridized carbons (Fsp3) is 0. The van der Waals surface area contributed by atoms with Gasteiger partial charge in [0.15, 0.2) is 5.11 Å². The van der Waals surface area contributed by atoms with Crippen LogP contribution in [0.5, 0.6) is 0 Å². The van der Waals surface area contributed by atoms with Crippen molar-refractivity contribution in [2.45, 2.75) is 0 Å². The molecule has 0 radical (unpaired) electrons. The number of para-hydroxylation sites is 1. The van der Waals surface area contributed by atoms with E-state index in [-0.39, 0.29) is 5.91 Å². The predicted octanol–water partition coefficient (Wildman–Crippen LogP) is 2.28. The number of nitrogens with zero attached hydrogens (tertiary/aromatic N) is 1. The van der Waals surface area contributed by atoms with Crippen LogP contribution in [0.25, 0.3) is 6.08 Å². The highest BCUT2D eigenvalue weighted by molar-refractivity contribution is 7.80. The number of rotatable bonds is 2. The van der Waals surface area contributed by atoms with Crippen molar-refractivity contribution >= 4 is 35.0 Å². The number of hydrogen-bond acceptors (Lipinski definition) is 2. The normalized spacial score (nSPS) is 17.1. The third kappa shape index (κ3) is 2.15. The lowest BCUT2D eigenvalue weighted by Crippen LogP contribution is -2.30. The van der Waals surface area contributed by atoms with Crippen molar-refractivity contribution in [2.24, 2.45) is 0 Å². The van der Waals surface area contributed by atoms with Crippen molar-refractivity contribution in [3.05, 3.63) is 60.1 Å². The summed E-state index contributed by atoms with van der Waals surface area (Å²) in [6, 6.07) is 13.1. The van der Waals surface area contributed by atoms with E-state index in [0.717, 1.165) is 11.4 Å². The molecule has 1 aliphatic rings. The van der Waals surface area contributed by atoms with E-state index >= 15 is 0 Å². The first-order valence-electron chi connectivity index (χ1n) is 5.81. The van der Waals surface area contributed by atoms with Crippen molar-refractivity contribution < 1.29 is 4.79 Å². The monoisotopic (exact) mass is 269 g/mol. The molecule has 1 aliphatic heterocycles. The van der Waals surface area contributed by atoms with Crippen LogP contribution in [0.3, 0.4) is 0 Å². The summed E-state index contributed by atoms with van der Waals surface area (Å²) in [5.74, 6) is -0.147. The van der Waals surface area contributed by atoms with Gasteiger partial charge in [0.1, 0.15) is 5.70 Å². The average Bonchev–Trinajstić information content (AvgIpc) is 3.01. The van der Waals surface area contributed by atoms with Gasteiger partial charge in [-0.05, 0) is 42.6 Å². The van der Waals surface area contributed by atoms with Gasteiger partial charge in [0, 0.05) is 11.9 Å². The number of benzene rings is 1. The zero-order valence-corrected chi connectivity index (χ0v) is 10.8. The quantitative estimate of drug-likeness (QED) is 0.649. The van der Waals surface area contributed by atoms with E-state index in [1.807, 2.05) is 42.5 Å². The van der Waals surface area contributed by atoms with Gasteiger partial charge in [-0.25, -0.2) is 0 Å². The maximum absolute atomic E-state index is 12.3. The lowest BCUT2D eigenvalue weighted by atomic mass is 10.3. The van der Waals surface area contributed by atoms with Gasteiger partial charge >= 0.3 is 0 Å². The Morgan fingerprint density at radius 2 is 1.89 bits per heavy atom. The van der Waals surface area contributed by atoms with E-state index in [1.54, 1.807) is 12.3 Å². The number of carbonyl (C=O) groups excluding carboxylic acids is 1. The van der Waals surface area contributed by atoms with E-state index < -0.39 is 0 Å². The summed E-state index contributed by atoms with van der Waals surface area (Å²) in [5, 5.41) is 3.34. The SMILES string of the molecule is O=C1/C(=C\c2ccc[nH]2)NC(=S)N1c1ccccc1. The van der Waals surface area contributed by atoms with Crippen molar-refractivity contribution in [1.82, 2.24) is 10.3 Å². The maximum atomic E-state index is 12.3. The summed E-state index contributed by atoms with van der Waals surface area (Å²) >= 11 is 5.22. The molecule has 3 rings (SSSR count). The van der Waals surface area contributed by atoms with E-state index in [2.05, 4.69) is 10.3 Å². The van der Waals surface area contributed by atoms with Gasteiger partial charge in [0.25, 0.3) is 5.91 Å². The Labute approximate surface area is 115 Å². The molecule has 0 bridgehead atoms. The molecule has 2 aromatic rings. The van der Waals surface area contributed by atoms with Gasteiger partial charge in [0.05, 0.1) is 5.69 Å². The molecule has 0 unspecified atom stereocenters. The Hall–Kier alpha value is -2.40. The highest BCUT2D eigenvalue weighted by atomic mass is 32.1. The Bertz CT molecular complexity index is 647. The van der Waals surface area contributed by atoms with E-state index in [1.165, 1.54) is 4.90 Å². The Morgan fingerprint density at radius 3 is 2.58 bits per heavy atom. The first-order chi connectivity index (χ1) is 9.25. The number of anilines is 1. The maximum Gasteiger partial charge on any atom is 0.281 e. The van der Waals surface area contributed by atoms with Gasteiger partial charge in [-0.1, -0.05) is 18.2 Å². The minimum absolute atomic E-state index is 0.147. The molecule has 94 valence electrons. The van der Waals surface area contributed by atoms with E-state index in [9.17, 15) is 4.79 Å². The van der Waals surface area contributed by atoms with Crippen LogP contribution in [0, 0.1) is 0 Å². The molecule has 0 spiro atoms. The molecule has 1 amide bonds. The van der Waals surface area contributed by atoms with Crippen molar-refractivity contribution in [1.29, 1.82) is 0 Å². The molecule has 2 heterocycles. The van der Waals surface area contributed by atoms with Gasteiger partial charge in [-0.15, -0.1) is 0 Å². The summed E-state index contributed by atoms with van der Waals surface area (Å²) in [7, 11) is 0. The van der Waals surface area contributed by atoms with Crippen LogP contribution in [0.4, 0.5) is 5.69 Å². The molecule has 1 fully saturated rings. The second-order valence-electron chi connectivity index (χ2n) is 4.09. The predicted molar refractivity (Wildman–Crippen MR) is 78.4 cm³/mol. The van der Waals surface area contributed by atoms with Crippen LogP contribution in [-0.2, 0) is 4.79 Å². The summed E-state index contributed by atoms with van der Waals surface area (Å²) in [4.78, 5) is 16.9. The Kier molecular flexibility index (Phi) is 2.89. The molecular weight excluding hydrogens is 258 g/mol. The van der Waals surface area contributed by atoms with E-state index in [4.69, 9.17) is 12.2 Å². The Balaban J connectivity index is 1.94. The molecule has 19 heavy (non-hydrogen) atoms. The minimum atomic E-state index is -0.147. The zero-order chi connectivity index (χ0) is 13.2. The van der Waals surface area contributed by atoms with Crippen molar-refractivity contribution in [3.8, 4) is 0 Å². The second kappa shape index (κ2) is 4.70. The number of amides is 1. The number of aromatic amines is 1. The number of nitrogens with one attached hydrogen (secondary N) is 2. The molecule has 2 N–H and O–H groups in total. The summed E-state index contributed by atoms with van der Waals surface area (Å²) in [5.41, 5.74) is 2.09. The van der Waals surface area contributed by atoms with Crippen LogP contribution >= 0.6 is 12.2 Å². The standard InChI is InChI=1S/C14H11N3OS/c18-13-12(9-10-5-4-8-15-10)16-14(19)17(13)11-6-2-1-3-7-11/h1-9,15H,(H,16,19)/b12-9+. The summed E-state index contributed by atoms with van der Waals surface area (Å²) in [6.45, 7) is 0. The lowest BCUT2D eigenvalue weighted by molar-refractivity contribution is -0.113. The zero-order valence-electron chi connectivity index (χ0n) is 9.96. The number of carbonyl (C=O) groups is 1. The third-order valence-electron chi connectivity index (χ3n) is 2.81. The molecule has 1 aromatic heterocycles. The van der Waals surface area contributed by atoms with Crippen molar-refractivity contribution in [3.63, 3.8) is 0 Å². The molecule has 0 saturated carbocycles. The van der Waals surface area contributed by atoms with Gasteiger partial charge in [-0.3, -0.25) is 9.69 Å². The highest BCUT2D eigenvalue weighted by Crippen LogP contribution is 2.21. The first-order valence-corrected chi connectivity index (χ1v) is 6.22. The van der Waals surface area contributed by atoms with Crippen molar-refractivity contribution in [2.75, 3.05) is 4.90 Å². The molecule has 1 saturated heterocycles. The summed E-state index contributed by atoms with van der Waals surface area (Å²) < 4.78 is 0. The second-order valence-corrected chi connectivity index (χ2v) is 4.48. The molecule has 1 aromatic carbocycles. The highest BCUT2D eigenvalue weighted by Gasteiger charge is 2.31. The average molecular weight is 269 g/mol. The lowest BCUT2D eigenvalue weighted by Gasteiger charge is -2.13. The van der Waals surface area contributed by atoms with Gasteiger partial charge < -0.3 is 10.3 Å². The van der Waals surface area contributed by atoms with Gasteiger partial charge in [0.2, 0.25) is 0 Å². The minimum Gasteiger partial charge on any atom is -0.362 e. The van der Waals surface area contributed by atoms with Crippen LogP contribution in [0.1, 0.15) is 5.69 Å². The topological polar surface area (TPSA) is 48.1 Å². The van der Waals surface area contributed by atoms with Crippen LogP contribution in [0.2, 0.25) is 0 Å². The number of aromatic nitrogens is 1. The van der Waals surface area contributed by atoms with Gasteiger partial charge in [-0.2, -0.15) is 0 Å². The smallest absolute Gasteiger partial charge is 0.281 e. The molecule has 4 nitrogen and oxygen atoms in total. The van der Waals surface area contributed by atoms with E-state index in [0.29, 0.717) is 10.8 Å². The molecule has 0 aliphatic carbocycles. The van der Waals surface area contributed by atoms with Crippen LogP contribution < -0.4 is 10.2 Å². The fourth-order valence-corrected chi connectivity index (χ4v) is 2.23. The van der Waals surface area contributed by atoms with Crippen LogP contribution in [0.15, 0.2) is 54.4 Å². The largest absolute Gasteiger partial charge is 0.362 e. The number of H-pyrrole nitrogens is 1. The van der Waals surface area contributed by atoms with Crippen LogP contribution in [-0.4, -0.2) is 16.0 Å². The number of hydrogen-bond donors (Lipinski definition) is 2. The first kappa shape index (κ1) is 11.7. The molecular formula is C14H11N3OS.